The van der Waals surface area contributed by atoms with E-state index in [1.165, 1.54) is 18.4 Å². The molecular weight excluding hydrogens is 190 g/mol. The maximum Gasteiger partial charge on any atom is 0.0637 e. The number of hydrogen-bond donors (Lipinski definition) is 0. The number of nitrogens with zero attached hydrogens (tertiary/aromatic N) is 1. The summed E-state index contributed by atoms with van der Waals surface area (Å²) in [7, 11) is 0. The number of isothiocyanates is 1. The van der Waals surface area contributed by atoms with E-state index in [2.05, 4.69) is 22.4 Å². The Morgan fingerprint density at radius 1 is 1.50 bits per heavy atom. The summed E-state index contributed by atoms with van der Waals surface area (Å²) in [5.74, 6) is 0. The van der Waals surface area contributed by atoms with Crippen LogP contribution >= 0.6 is 23.8 Å². The van der Waals surface area contributed by atoms with E-state index >= 15 is 0 Å². The molecule has 1 aliphatic carbocycles. The fourth-order valence-electron chi connectivity index (χ4n) is 1.52. The molecule has 0 aromatic carbocycles. The fourth-order valence-corrected chi connectivity index (χ4v) is 1.87. The monoisotopic (exact) mass is 201 g/mol. The Kier molecular flexibility index (Phi) is 3.93. The van der Waals surface area contributed by atoms with E-state index in [9.17, 15) is 0 Å². The quantitative estimate of drug-likeness (QED) is 0.378. The van der Waals surface area contributed by atoms with Crippen molar-refractivity contribution < 1.29 is 0 Å². The van der Waals surface area contributed by atoms with E-state index in [-0.39, 0.29) is 5.38 Å². The molecule has 0 N–H and O–H groups in total. The summed E-state index contributed by atoms with van der Waals surface area (Å²) in [6.45, 7) is 1.99. The molecule has 0 bridgehead atoms. The second-order valence-electron chi connectivity index (χ2n) is 3.00. The predicted octanol–water partition coefficient (Wildman–Crippen LogP) is 3.54. The van der Waals surface area contributed by atoms with Crippen LogP contribution in [0, 0.1) is 0 Å². The standard InChI is InChI=1S/C9H12ClNS/c1-7(10)8-4-2-3-5-9(8)11-6-12/h7H,2-5H2,1H3. The molecule has 1 unspecified atom stereocenters. The van der Waals surface area contributed by atoms with Crippen molar-refractivity contribution in [1.82, 2.24) is 0 Å². The Morgan fingerprint density at radius 2 is 2.17 bits per heavy atom. The summed E-state index contributed by atoms with van der Waals surface area (Å²) in [5.41, 5.74) is 2.32. The Hall–Kier alpha value is -0.170. The van der Waals surface area contributed by atoms with Gasteiger partial charge in [-0.3, -0.25) is 0 Å². The molecule has 1 nitrogen and oxygen atoms in total. The highest BCUT2D eigenvalue weighted by Gasteiger charge is 2.15. The zero-order chi connectivity index (χ0) is 8.97. The molecule has 0 aromatic heterocycles. The molecule has 0 saturated heterocycles. The first-order valence-electron chi connectivity index (χ1n) is 4.19. The van der Waals surface area contributed by atoms with Crippen LogP contribution in [0.1, 0.15) is 32.6 Å². The SMILES string of the molecule is CC(Cl)C1=C(N=C=S)CCCC1. The van der Waals surface area contributed by atoms with E-state index in [1.54, 1.807) is 0 Å². The molecule has 3 heteroatoms. The van der Waals surface area contributed by atoms with Gasteiger partial charge >= 0.3 is 0 Å². The van der Waals surface area contributed by atoms with Gasteiger partial charge in [-0.05, 0) is 50.4 Å². The lowest BCUT2D eigenvalue weighted by atomic mass is 9.94. The molecule has 0 aromatic rings. The van der Waals surface area contributed by atoms with E-state index in [1.807, 2.05) is 6.92 Å². The molecule has 0 saturated carbocycles. The van der Waals surface area contributed by atoms with Crippen LogP contribution in [0.2, 0.25) is 0 Å². The number of allylic oxidation sites excluding steroid dienone is 2. The number of thiocarbonyl (C=S) groups is 1. The van der Waals surface area contributed by atoms with Crippen LogP contribution in [-0.2, 0) is 0 Å². The molecule has 1 atom stereocenters. The van der Waals surface area contributed by atoms with Crippen LogP contribution in [0.25, 0.3) is 0 Å². The molecule has 0 radical (unpaired) electrons. The van der Waals surface area contributed by atoms with Crippen molar-refractivity contribution in [2.75, 3.05) is 0 Å². The molecule has 0 aliphatic heterocycles. The molecule has 66 valence electrons. The summed E-state index contributed by atoms with van der Waals surface area (Å²) in [6, 6.07) is 0. The van der Waals surface area contributed by atoms with Crippen molar-refractivity contribution in [2.24, 2.45) is 4.99 Å². The van der Waals surface area contributed by atoms with Crippen molar-refractivity contribution in [2.45, 2.75) is 38.0 Å². The average Bonchev–Trinajstić information content (AvgIpc) is 2.05. The van der Waals surface area contributed by atoms with E-state index in [4.69, 9.17) is 11.6 Å². The molecule has 1 aliphatic rings. The number of aliphatic imine (C=N–C) groups is 1. The molecule has 12 heavy (non-hydrogen) atoms. The zero-order valence-electron chi connectivity index (χ0n) is 7.14. The van der Waals surface area contributed by atoms with Crippen molar-refractivity contribution in [3.8, 4) is 0 Å². The number of halogens is 1. The summed E-state index contributed by atoms with van der Waals surface area (Å²) < 4.78 is 0. The number of rotatable bonds is 2. The normalized spacial score (nSPS) is 20.2. The van der Waals surface area contributed by atoms with Crippen LogP contribution in [0.3, 0.4) is 0 Å². The highest BCUT2D eigenvalue weighted by molar-refractivity contribution is 7.78. The lowest BCUT2D eigenvalue weighted by Crippen LogP contribution is -2.06. The van der Waals surface area contributed by atoms with Gasteiger partial charge in [0, 0.05) is 0 Å². The second-order valence-corrected chi connectivity index (χ2v) is 3.84. The first kappa shape index (κ1) is 9.91. The first-order valence-corrected chi connectivity index (χ1v) is 5.04. The maximum absolute atomic E-state index is 6.01. The van der Waals surface area contributed by atoms with Crippen molar-refractivity contribution in [1.29, 1.82) is 0 Å². The van der Waals surface area contributed by atoms with Gasteiger partial charge in [0.2, 0.25) is 0 Å². The molecular formula is C9H12ClNS. The van der Waals surface area contributed by atoms with Gasteiger partial charge in [0.15, 0.2) is 0 Å². The molecule has 0 fully saturated rings. The van der Waals surface area contributed by atoms with Crippen molar-refractivity contribution in [3.05, 3.63) is 11.3 Å². The highest BCUT2D eigenvalue weighted by Crippen LogP contribution is 2.29. The van der Waals surface area contributed by atoms with Gasteiger partial charge in [0.1, 0.15) is 0 Å². The lowest BCUT2D eigenvalue weighted by molar-refractivity contribution is 0.653. The van der Waals surface area contributed by atoms with E-state index in [0.717, 1.165) is 18.5 Å². The van der Waals surface area contributed by atoms with Crippen LogP contribution in [0.15, 0.2) is 16.3 Å². The van der Waals surface area contributed by atoms with Gasteiger partial charge < -0.3 is 0 Å². The van der Waals surface area contributed by atoms with Gasteiger partial charge in [-0.2, -0.15) is 4.99 Å². The minimum absolute atomic E-state index is 0.0902. The Bertz CT molecular complexity index is 239. The van der Waals surface area contributed by atoms with Crippen molar-refractivity contribution in [3.63, 3.8) is 0 Å². The number of alkyl halides is 1. The molecule has 0 amide bonds. The molecule has 1 rings (SSSR count). The van der Waals surface area contributed by atoms with Crippen LogP contribution in [0.4, 0.5) is 0 Å². The predicted molar refractivity (Wildman–Crippen MR) is 55.8 cm³/mol. The molecule has 0 spiro atoms. The van der Waals surface area contributed by atoms with Gasteiger partial charge in [0.25, 0.3) is 0 Å². The third-order valence-electron chi connectivity index (χ3n) is 2.14. The Labute approximate surface area is 83.5 Å². The topological polar surface area (TPSA) is 12.4 Å². The van der Waals surface area contributed by atoms with Crippen LogP contribution < -0.4 is 0 Å². The average molecular weight is 202 g/mol. The minimum Gasteiger partial charge on any atom is -0.199 e. The van der Waals surface area contributed by atoms with Gasteiger partial charge in [-0.1, -0.05) is 0 Å². The smallest absolute Gasteiger partial charge is 0.0637 e. The summed E-state index contributed by atoms with van der Waals surface area (Å²) >= 11 is 10.6. The van der Waals surface area contributed by atoms with E-state index in [0.29, 0.717) is 0 Å². The first-order chi connectivity index (χ1) is 5.75. The van der Waals surface area contributed by atoms with E-state index < -0.39 is 0 Å². The lowest BCUT2D eigenvalue weighted by Gasteiger charge is -2.18. The number of hydrogen-bond acceptors (Lipinski definition) is 2. The summed E-state index contributed by atoms with van der Waals surface area (Å²) in [4.78, 5) is 4.05. The fraction of sp³-hybridized carbons (Fsp3) is 0.667. The third kappa shape index (κ3) is 2.41. The zero-order valence-corrected chi connectivity index (χ0v) is 8.71. The molecule has 0 heterocycles. The summed E-state index contributed by atoms with van der Waals surface area (Å²) in [5, 5.41) is 2.50. The third-order valence-corrected chi connectivity index (χ3v) is 2.50. The summed E-state index contributed by atoms with van der Waals surface area (Å²) in [6.07, 6.45) is 4.50. The second kappa shape index (κ2) is 4.76. The van der Waals surface area contributed by atoms with Crippen molar-refractivity contribution >= 4 is 29.0 Å². The Balaban J connectivity index is 2.90. The van der Waals surface area contributed by atoms with Crippen LogP contribution in [-0.4, -0.2) is 10.5 Å². The van der Waals surface area contributed by atoms with Gasteiger partial charge in [0.05, 0.1) is 16.2 Å². The maximum atomic E-state index is 6.01. The van der Waals surface area contributed by atoms with Crippen LogP contribution in [0.5, 0.6) is 0 Å². The van der Waals surface area contributed by atoms with Gasteiger partial charge in [-0.15, -0.1) is 11.6 Å². The minimum atomic E-state index is 0.0902. The largest absolute Gasteiger partial charge is 0.199 e. The van der Waals surface area contributed by atoms with Gasteiger partial charge in [-0.25, -0.2) is 0 Å². The highest BCUT2D eigenvalue weighted by atomic mass is 35.5. The Morgan fingerprint density at radius 3 is 2.75 bits per heavy atom.